The van der Waals surface area contributed by atoms with Crippen molar-refractivity contribution in [3.05, 3.63) is 54.1 Å². The van der Waals surface area contributed by atoms with Crippen molar-refractivity contribution in [2.24, 2.45) is 11.8 Å². The average Bonchev–Trinajstić information content (AvgIpc) is 3.25. The zero-order valence-electron chi connectivity index (χ0n) is 12.6. The van der Waals surface area contributed by atoms with Crippen LogP contribution in [0.25, 0.3) is 0 Å². The Hall–Kier alpha value is -2.10. The molecular weight excluding hydrogens is 274 g/mol. The van der Waals surface area contributed by atoms with E-state index >= 15 is 0 Å². The molecule has 1 amide bonds. The Morgan fingerprint density at radius 3 is 2.73 bits per heavy atom. The molecule has 2 fully saturated rings. The fourth-order valence-corrected chi connectivity index (χ4v) is 4.03. The topological polar surface area (TPSA) is 46.9 Å². The summed E-state index contributed by atoms with van der Waals surface area (Å²) in [5, 5.41) is 3.24. The normalized spacial score (nSPS) is 26.3. The first-order chi connectivity index (χ1) is 10.8. The average molecular weight is 295 g/mol. The summed E-state index contributed by atoms with van der Waals surface area (Å²) in [6, 6.07) is 8.30. The highest BCUT2D eigenvalue weighted by molar-refractivity contribution is 5.94. The van der Waals surface area contributed by atoms with Gasteiger partial charge in [0.25, 0.3) is 5.91 Å². The Bertz CT molecular complexity index is 647. The maximum Gasteiger partial charge on any atom is 0.251 e. The largest absolute Gasteiger partial charge is 0.349 e. The van der Waals surface area contributed by atoms with Crippen LogP contribution in [-0.4, -0.2) is 21.5 Å². The maximum atomic E-state index is 12.4. The Kier molecular flexibility index (Phi) is 3.45. The van der Waals surface area contributed by atoms with Crippen LogP contribution in [0.2, 0.25) is 0 Å². The fourth-order valence-electron chi connectivity index (χ4n) is 4.03. The molecule has 1 heterocycles. The van der Waals surface area contributed by atoms with Gasteiger partial charge in [0.05, 0.1) is 6.33 Å². The minimum atomic E-state index is 0.0757. The zero-order chi connectivity index (χ0) is 14.9. The number of nitrogens with one attached hydrogen (secondary N) is 1. The van der Waals surface area contributed by atoms with Gasteiger partial charge < -0.3 is 9.88 Å². The highest BCUT2D eigenvalue weighted by atomic mass is 16.1. The summed E-state index contributed by atoms with van der Waals surface area (Å²) in [7, 11) is 0. The monoisotopic (exact) mass is 295 g/mol. The molecule has 1 N–H and O–H groups in total. The molecule has 1 aromatic heterocycles. The number of carbonyl (C=O) groups excluding carboxylic acids is 1. The number of aromatic nitrogens is 2. The fraction of sp³-hybridized carbons (Fsp3) is 0.444. The van der Waals surface area contributed by atoms with Crippen molar-refractivity contribution in [2.45, 2.75) is 38.3 Å². The zero-order valence-corrected chi connectivity index (χ0v) is 12.6. The molecule has 4 heteroatoms. The second-order valence-corrected chi connectivity index (χ2v) is 6.69. The Balaban J connectivity index is 1.38. The van der Waals surface area contributed by atoms with Crippen LogP contribution in [0.5, 0.6) is 0 Å². The van der Waals surface area contributed by atoms with Crippen LogP contribution < -0.4 is 5.32 Å². The molecule has 2 aromatic rings. The van der Waals surface area contributed by atoms with Crippen LogP contribution in [0.15, 0.2) is 43.0 Å². The van der Waals surface area contributed by atoms with E-state index in [9.17, 15) is 4.79 Å². The molecule has 0 spiro atoms. The highest BCUT2D eigenvalue weighted by Crippen LogP contribution is 2.44. The van der Waals surface area contributed by atoms with Crippen molar-refractivity contribution >= 4 is 5.91 Å². The van der Waals surface area contributed by atoms with Crippen molar-refractivity contribution in [1.29, 1.82) is 0 Å². The number of rotatable bonds is 4. The van der Waals surface area contributed by atoms with Crippen molar-refractivity contribution in [1.82, 2.24) is 14.9 Å². The van der Waals surface area contributed by atoms with Gasteiger partial charge in [-0.1, -0.05) is 18.6 Å². The summed E-state index contributed by atoms with van der Waals surface area (Å²) < 4.78 is 2.02. The number of amides is 1. The predicted molar refractivity (Wildman–Crippen MR) is 84.5 cm³/mol. The first-order valence-electron chi connectivity index (χ1n) is 8.13. The van der Waals surface area contributed by atoms with Crippen molar-refractivity contribution in [2.75, 3.05) is 0 Å². The lowest BCUT2D eigenvalue weighted by Gasteiger charge is -2.22. The Morgan fingerprint density at radius 2 is 2.09 bits per heavy atom. The molecule has 0 aliphatic heterocycles. The van der Waals surface area contributed by atoms with E-state index in [2.05, 4.69) is 10.3 Å². The number of carbonyl (C=O) groups is 1. The summed E-state index contributed by atoms with van der Waals surface area (Å²) in [5.41, 5.74) is 1.94. The second-order valence-electron chi connectivity index (χ2n) is 6.69. The van der Waals surface area contributed by atoms with E-state index in [4.69, 9.17) is 0 Å². The lowest BCUT2D eigenvalue weighted by Crippen LogP contribution is -2.38. The number of fused-ring (bicyclic) bond motifs is 2. The molecule has 0 saturated heterocycles. The number of hydrogen-bond donors (Lipinski definition) is 1. The molecule has 0 radical (unpaired) electrons. The third kappa shape index (κ3) is 2.65. The van der Waals surface area contributed by atoms with Crippen molar-refractivity contribution in [3.63, 3.8) is 0 Å². The molecule has 2 saturated carbocycles. The maximum absolute atomic E-state index is 12.4. The lowest BCUT2D eigenvalue weighted by molar-refractivity contribution is 0.0923. The highest BCUT2D eigenvalue weighted by Gasteiger charge is 2.40. The van der Waals surface area contributed by atoms with Crippen molar-refractivity contribution in [3.8, 4) is 0 Å². The van der Waals surface area contributed by atoms with Crippen LogP contribution >= 0.6 is 0 Å². The van der Waals surface area contributed by atoms with Crippen molar-refractivity contribution < 1.29 is 4.79 Å². The van der Waals surface area contributed by atoms with Gasteiger partial charge >= 0.3 is 0 Å². The van der Waals surface area contributed by atoms with E-state index in [1.165, 1.54) is 31.2 Å². The van der Waals surface area contributed by atoms with Gasteiger partial charge in [0, 0.05) is 30.5 Å². The molecule has 1 aromatic carbocycles. The third-order valence-corrected chi connectivity index (χ3v) is 5.20. The molecule has 2 aliphatic carbocycles. The molecule has 22 heavy (non-hydrogen) atoms. The summed E-state index contributed by atoms with van der Waals surface area (Å²) in [5.74, 6) is 1.65. The van der Waals surface area contributed by atoms with E-state index < -0.39 is 0 Å². The summed E-state index contributed by atoms with van der Waals surface area (Å²) in [4.78, 5) is 16.4. The molecule has 4 nitrogen and oxygen atoms in total. The Labute approximate surface area is 130 Å². The van der Waals surface area contributed by atoms with Gasteiger partial charge in [-0.3, -0.25) is 4.79 Å². The second kappa shape index (κ2) is 5.59. The van der Waals surface area contributed by atoms with E-state index in [1.54, 1.807) is 12.5 Å². The van der Waals surface area contributed by atoms with Gasteiger partial charge in [0.15, 0.2) is 0 Å². The summed E-state index contributed by atoms with van der Waals surface area (Å²) in [6.45, 7) is 0.786. The minimum absolute atomic E-state index is 0.0757. The molecule has 0 unspecified atom stereocenters. The summed E-state index contributed by atoms with van der Waals surface area (Å²) in [6.07, 6.45) is 10.7. The molecule has 4 rings (SSSR count). The first kappa shape index (κ1) is 13.6. The Morgan fingerprint density at radius 1 is 1.23 bits per heavy atom. The summed E-state index contributed by atoms with van der Waals surface area (Å²) >= 11 is 0. The number of benzene rings is 1. The van der Waals surface area contributed by atoms with Crippen LogP contribution in [0.3, 0.4) is 0 Å². The minimum Gasteiger partial charge on any atom is -0.349 e. The van der Waals surface area contributed by atoms with Gasteiger partial charge in [0.1, 0.15) is 0 Å². The third-order valence-electron chi connectivity index (χ3n) is 5.20. The number of imidazole rings is 1. The smallest absolute Gasteiger partial charge is 0.251 e. The molecule has 2 bridgehead atoms. The lowest BCUT2D eigenvalue weighted by atomic mass is 9.95. The standard InChI is InChI=1S/C18H21N3O/c22-18(20-17-10-14-3-6-16(17)9-14)15-4-1-13(2-5-15)11-21-8-7-19-12-21/h1-2,4-5,7-8,12,14,16-17H,3,6,9-11H2,(H,20,22)/t14-,16-,17-/m1/s1. The number of hydrogen-bond acceptors (Lipinski definition) is 2. The molecular formula is C18H21N3O. The van der Waals surface area contributed by atoms with Gasteiger partial charge in [-0.25, -0.2) is 4.98 Å². The first-order valence-corrected chi connectivity index (χ1v) is 8.13. The van der Waals surface area contributed by atoms with E-state index in [1.807, 2.05) is 35.0 Å². The predicted octanol–water partition coefficient (Wildman–Crippen LogP) is 2.85. The molecule has 3 atom stereocenters. The van der Waals surface area contributed by atoms with Gasteiger partial charge in [0.2, 0.25) is 0 Å². The van der Waals surface area contributed by atoms with Gasteiger partial charge in [-0.15, -0.1) is 0 Å². The van der Waals surface area contributed by atoms with E-state index in [-0.39, 0.29) is 5.91 Å². The quantitative estimate of drug-likeness (QED) is 0.943. The number of nitrogens with zero attached hydrogens (tertiary/aromatic N) is 2. The van der Waals surface area contributed by atoms with Gasteiger partial charge in [-0.05, 0) is 48.8 Å². The van der Waals surface area contributed by atoms with Gasteiger partial charge in [-0.2, -0.15) is 0 Å². The van der Waals surface area contributed by atoms with Crippen LogP contribution in [-0.2, 0) is 6.54 Å². The molecule has 2 aliphatic rings. The van der Waals surface area contributed by atoms with E-state index in [0.717, 1.165) is 23.9 Å². The van der Waals surface area contributed by atoms with E-state index in [0.29, 0.717) is 6.04 Å². The SMILES string of the molecule is O=C(N[C@@H]1C[C@@H]2CC[C@@H]1C2)c1ccc(Cn2ccnc2)cc1. The van der Waals surface area contributed by atoms with Crippen LogP contribution in [0.1, 0.15) is 41.6 Å². The van der Waals surface area contributed by atoms with Crippen LogP contribution in [0, 0.1) is 11.8 Å². The van der Waals surface area contributed by atoms with Crippen LogP contribution in [0.4, 0.5) is 0 Å². The molecule has 114 valence electrons.